The smallest absolute Gasteiger partial charge is 0.330 e. The normalized spacial score (nSPS) is 28.8. The van der Waals surface area contributed by atoms with E-state index in [0.717, 1.165) is 18.9 Å². The Kier molecular flexibility index (Phi) is 8.06. The fourth-order valence-electron chi connectivity index (χ4n) is 2.98. The minimum atomic E-state index is -0.487. The van der Waals surface area contributed by atoms with Crippen LogP contribution < -0.4 is 5.32 Å². The number of hydrogen-bond donors (Lipinski definition) is 2. The lowest BCUT2D eigenvalue weighted by molar-refractivity contribution is -0.205. The maximum absolute atomic E-state index is 11.5. The van der Waals surface area contributed by atoms with Gasteiger partial charge in [0, 0.05) is 11.6 Å². The van der Waals surface area contributed by atoms with Crippen LogP contribution in [-0.4, -0.2) is 59.8 Å². The molecule has 1 aliphatic heterocycles. The van der Waals surface area contributed by atoms with E-state index in [1.807, 2.05) is 20.8 Å². The van der Waals surface area contributed by atoms with Gasteiger partial charge in [-0.25, -0.2) is 4.79 Å². The van der Waals surface area contributed by atoms with E-state index in [9.17, 15) is 9.90 Å². The molecular formula is C19H35NO5. The lowest BCUT2D eigenvalue weighted by atomic mass is 9.77. The Labute approximate surface area is 151 Å². The largest absolute Gasteiger partial charge is 0.460 e. The van der Waals surface area contributed by atoms with Crippen molar-refractivity contribution in [2.24, 2.45) is 0 Å². The van der Waals surface area contributed by atoms with Gasteiger partial charge in [-0.2, -0.15) is 0 Å². The van der Waals surface area contributed by atoms with E-state index in [1.54, 1.807) is 0 Å². The van der Waals surface area contributed by atoms with Crippen LogP contribution in [0.5, 0.6) is 0 Å². The van der Waals surface area contributed by atoms with E-state index in [2.05, 4.69) is 32.7 Å². The number of ether oxygens (including phenoxy) is 3. The third kappa shape index (κ3) is 5.78. The molecule has 0 aromatic rings. The molecule has 2 N–H and O–H groups in total. The number of aliphatic hydroxyl groups is 1. The van der Waals surface area contributed by atoms with Crippen molar-refractivity contribution in [3.63, 3.8) is 0 Å². The molecule has 5 atom stereocenters. The van der Waals surface area contributed by atoms with Crippen molar-refractivity contribution in [1.29, 1.82) is 0 Å². The minimum Gasteiger partial charge on any atom is -0.460 e. The van der Waals surface area contributed by atoms with Crippen LogP contribution in [0.2, 0.25) is 0 Å². The summed E-state index contributed by atoms with van der Waals surface area (Å²) in [5.74, 6) is -0.487. The van der Waals surface area contributed by atoms with E-state index < -0.39 is 12.1 Å². The molecule has 0 saturated carbocycles. The molecule has 0 aromatic heterocycles. The van der Waals surface area contributed by atoms with Crippen LogP contribution in [0.4, 0.5) is 0 Å². The predicted octanol–water partition coefficient (Wildman–Crippen LogP) is 2.20. The van der Waals surface area contributed by atoms with Gasteiger partial charge in [-0.15, -0.1) is 0 Å². The fraction of sp³-hybridized carbons (Fsp3) is 0.842. The third-order valence-corrected chi connectivity index (χ3v) is 5.20. The van der Waals surface area contributed by atoms with Crippen LogP contribution in [0.15, 0.2) is 12.7 Å². The van der Waals surface area contributed by atoms with Gasteiger partial charge in [0.15, 0.2) is 0 Å². The molecule has 25 heavy (non-hydrogen) atoms. The maximum Gasteiger partial charge on any atom is 0.330 e. The van der Waals surface area contributed by atoms with Gasteiger partial charge in [0.1, 0.15) is 12.7 Å². The molecule has 0 aromatic carbocycles. The molecule has 6 heteroatoms. The van der Waals surface area contributed by atoms with Crippen molar-refractivity contribution in [2.75, 3.05) is 13.2 Å². The second-order valence-electron chi connectivity index (χ2n) is 7.57. The predicted molar refractivity (Wildman–Crippen MR) is 97.4 cm³/mol. The van der Waals surface area contributed by atoms with E-state index in [4.69, 9.17) is 14.2 Å². The van der Waals surface area contributed by atoms with Crippen molar-refractivity contribution < 1.29 is 24.1 Å². The first-order valence-corrected chi connectivity index (χ1v) is 9.13. The van der Waals surface area contributed by atoms with Crippen molar-refractivity contribution in [2.45, 2.75) is 89.9 Å². The van der Waals surface area contributed by atoms with Crippen molar-refractivity contribution in [3.8, 4) is 0 Å². The Hall–Kier alpha value is -0.950. The fourth-order valence-corrected chi connectivity index (χ4v) is 2.98. The monoisotopic (exact) mass is 357 g/mol. The highest BCUT2D eigenvalue weighted by Crippen LogP contribution is 2.33. The number of carbonyl (C=O) groups excluding carboxylic acids is 1. The zero-order chi connectivity index (χ0) is 19.3. The van der Waals surface area contributed by atoms with Crippen LogP contribution in [0.1, 0.15) is 54.4 Å². The Balaban J connectivity index is 2.85. The molecule has 0 bridgehead atoms. The van der Waals surface area contributed by atoms with Crippen LogP contribution in [-0.2, 0) is 19.0 Å². The first-order valence-electron chi connectivity index (χ1n) is 9.13. The lowest BCUT2D eigenvalue weighted by Crippen LogP contribution is -2.76. The second kappa shape index (κ2) is 9.12. The molecular weight excluding hydrogens is 322 g/mol. The topological polar surface area (TPSA) is 77.0 Å². The molecule has 0 radical (unpaired) electrons. The molecule has 1 fully saturated rings. The molecule has 0 amide bonds. The highest BCUT2D eigenvalue weighted by atomic mass is 16.6. The number of rotatable bonds is 11. The SMILES string of the molecule is C=CC(=O)OCC(OC1[C@H](CO)NC1(C)CC)[C@H](C)OC(C)(C)CC. The Morgan fingerprint density at radius 2 is 2.08 bits per heavy atom. The van der Waals surface area contributed by atoms with Crippen molar-refractivity contribution in [1.82, 2.24) is 5.32 Å². The molecule has 1 rings (SSSR count). The molecule has 6 nitrogen and oxygen atoms in total. The molecule has 0 aliphatic carbocycles. The van der Waals surface area contributed by atoms with Crippen LogP contribution in [0.3, 0.4) is 0 Å². The minimum absolute atomic E-state index is 0.00485. The number of esters is 1. The van der Waals surface area contributed by atoms with Gasteiger partial charge in [0.2, 0.25) is 0 Å². The van der Waals surface area contributed by atoms with Gasteiger partial charge in [0.25, 0.3) is 0 Å². The summed E-state index contributed by atoms with van der Waals surface area (Å²) in [7, 11) is 0. The Morgan fingerprint density at radius 1 is 1.44 bits per heavy atom. The summed E-state index contributed by atoms with van der Waals surface area (Å²) in [4.78, 5) is 11.5. The number of aliphatic hydroxyl groups excluding tert-OH is 1. The first-order chi connectivity index (χ1) is 11.6. The molecule has 1 saturated heterocycles. The summed E-state index contributed by atoms with van der Waals surface area (Å²) in [6, 6.07) is -0.131. The molecule has 146 valence electrons. The number of nitrogens with one attached hydrogen (secondary N) is 1. The highest BCUT2D eigenvalue weighted by Gasteiger charge is 2.51. The van der Waals surface area contributed by atoms with Gasteiger partial charge in [-0.3, -0.25) is 0 Å². The first kappa shape index (κ1) is 22.1. The quantitative estimate of drug-likeness (QED) is 0.436. The maximum atomic E-state index is 11.5. The average molecular weight is 357 g/mol. The summed E-state index contributed by atoms with van der Waals surface area (Å²) in [6.07, 6.45) is 1.98. The Bertz CT molecular complexity index is 453. The van der Waals surface area contributed by atoms with E-state index in [1.165, 1.54) is 0 Å². The van der Waals surface area contributed by atoms with Gasteiger partial charge < -0.3 is 24.6 Å². The van der Waals surface area contributed by atoms with Crippen LogP contribution in [0.25, 0.3) is 0 Å². The second-order valence-corrected chi connectivity index (χ2v) is 7.57. The summed E-state index contributed by atoms with van der Waals surface area (Å²) in [5.41, 5.74) is -0.514. The van der Waals surface area contributed by atoms with Crippen molar-refractivity contribution >= 4 is 5.97 Å². The van der Waals surface area contributed by atoms with E-state index in [-0.39, 0.29) is 42.6 Å². The summed E-state index contributed by atoms with van der Waals surface area (Å²) < 4.78 is 17.6. The zero-order valence-corrected chi connectivity index (χ0v) is 16.5. The van der Waals surface area contributed by atoms with Crippen LogP contribution in [0, 0.1) is 0 Å². The van der Waals surface area contributed by atoms with E-state index >= 15 is 0 Å². The van der Waals surface area contributed by atoms with Gasteiger partial charge in [-0.1, -0.05) is 20.4 Å². The average Bonchev–Trinajstić information content (AvgIpc) is 2.58. The van der Waals surface area contributed by atoms with Gasteiger partial charge in [0.05, 0.1) is 30.5 Å². The molecule has 1 heterocycles. The summed E-state index contributed by atoms with van der Waals surface area (Å²) in [6.45, 7) is 15.7. The molecule has 1 aliphatic rings. The third-order valence-electron chi connectivity index (χ3n) is 5.20. The van der Waals surface area contributed by atoms with Crippen LogP contribution >= 0.6 is 0 Å². The lowest BCUT2D eigenvalue weighted by Gasteiger charge is -2.54. The highest BCUT2D eigenvalue weighted by molar-refractivity contribution is 5.81. The van der Waals surface area contributed by atoms with Gasteiger partial charge in [-0.05, 0) is 40.5 Å². The molecule has 0 spiro atoms. The van der Waals surface area contributed by atoms with E-state index in [0.29, 0.717) is 0 Å². The molecule has 3 unspecified atom stereocenters. The zero-order valence-electron chi connectivity index (χ0n) is 16.5. The van der Waals surface area contributed by atoms with Crippen molar-refractivity contribution in [3.05, 3.63) is 12.7 Å². The van der Waals surface area contributed by atoms with Gasteiger partial charge >= 0.3 is 5.97 Å². The Morgan fingerprint density at radius 3 is 2.56 bits per heavy atom. The summed E-state index contributed by atoms with van der Waals surface area (Å²) in [5, 5.41) is 12.9. The standard InChI is InChI=1S/C19H35NO5/c1-8-16(22)23-12-15(13(4)25-18(5,6)9-2)24-17-14(11-21)20-19(17,7)10-3/h8,13-15,17,20-21H,1,9-12H2,2-7H3/t13-,14-,15?,17?,19?/m0/s1. The summed E-state index contributed by atoms with van der Waals surface area (Å²) >= 11 is 0. The number of hydrogen-bond acceptors (Lipinski definition) is 6. The number of carbonyl (C=O) groups is 1.